The Morgan fingerprint density at radius 2 is 1.77 bits per heavy atom. The van der Waals surface area contributed by atoms with E-state index in [1.165, 1.54) is 12.1 Å². The summed E-state index contributed by atoms with van der Waals surface area (Å²) >= 11 is 12.7. The molecule has 0 aliphatic rings. The van der Waals surface area contributed by atoms with E-state index < -0.39 is 24.1 Å². The summed E-state index contributed by atoms with van der Waals surface area (Å²) in [5, 5.41) is 1.65. The van der Waals surface area contributed by atoms with Gasteiger partial charge in [0.2, 0.25) is 5.89 Å². The minimum absolute atomic E-state index is 0.0194. The zero-order valence-electron chi connectivity index (χ0n) is 20.1. The Balaban J connectivity index is 1.55. The monoisotopic (exact) mass is 581 g/mol. The van der Waals surface area contributed by atoms with E-state index in [9.17, 15) is 22.8 Å². The number of anilines is 1. The van der Waals surface area contributed by atoms with Crippen molar-refractivity contribution in [1.29, 1.82) is 0 Å². The molecule has 0 saturated carbocycles. The minimum atomic E-state index is -5.18. The van der Waals surface area contributed by atoms with Gasteiger partial charge in [0.25, 0.3) is 0 Å². The molecule has 4 rings (SSSR count). The highest BCUT2D eigenvalue weighted by molar-refractivity contribution is 6.37. The van der Waals surface area contributed by atoms with Gasteiger partial charge in [0.1, 0.15) is 18.2 Å². The van der Waals surface area contributed by atoms with E-state index in [1.54, 1.807) is 17.4 Å². The third-order valence-electron chi connectivity index (χ3n) is 5.53. The van der Waals surface area contributed by atoms with Gasteiger partial charge in [0.15, 0.2) is 11.3 Å². The topological polar surface area (TPSA) is 117 Å². The molecule has 0 unspecified atom stereocenters. The average Bonchev–Trinajstić information content (AvgIpc) is 3.31. The third-order valence-corrected chi connectivity index (χ3v) is 6.09. The molecule has 0 bridgehead atoms. The Morgan fingerprint density at radius 3 is 2.38 bits per heavy atom. The van der Waals surface area contributed by atoms with E-state index in [2.05, 4.69) is 9.72 Å². The van der Waals surface area contributed by atoms with Gasteiger partial charge in [-0.3, -0.25) is 4.79 Å². The van der Waals surface area contributed by atoms with Gasteiger partial charge in [-0.25, -0.2) is 9.78 Å². The first-order chi connectivity index (χ1) is 18.5. The second-order valence-electron chi connectivity index (χ2n) is 8.34. The summed E-state index contributed by atoms with van der Waals surface area (Å²) in [7, 11) is 0.983. The SMILES string of the molecule is COC(=O)[C@H](Cc1cc(Cl)c(OCc2cc(N)cc3nc(-c4ccccc4)oc23)c(Cl)c1)NC(=O)C(F)(F)F. The van der Waals surface area contributed by atoms with Crippen LogP contribution in [0, 0.1) is 0 Å². The van der Waals surface area contributed by atoms with Crippen molar-refractivity contribution in [2.45, 2.75) is 25.2 Å². The number of nitrogens with one attached hydrogen (secondary N) is 1. The van der Waals surface area contributed by atoms with Crippen molar-refractivity contribution in [2.24, 2.45) is 0 Å². The predicted octanol–water partition coefficient (Wildman–Crippen LogP) is 5.73. The third kappa shape index (κ3) is 6.55. The van der Waals surface area contributed by atoms with Crippen molar-refractivity contribution in [1.82, 2.24) is 10.3 Å². The fraction of sp³-hybridized carbons (Fsp3) is 0.192. The maximum absolute atomic E-state index is 12.7. The van der Waals surface area contributed by atoms with Crippen LogP contribution in [-0.2, 0) is 27.4 Å². The first kappa shape index (κ1) is 28.1. The van der Waals surface area contributed by atoms with E-state index in [0.29, 0.717) is 28.2 Å². The highest BCUT2D eigenvalue weighted by Gasteiger charge is 2.41. The van der Waals surface area contributed by atoms with Crippen molar-refractivity contribution in [3.63, 3.8) is 0 Å². The number of halogens is 5. The molecule has 0 spiro atoms. The summed E-state index contributed by atoms with van der Waals surface area (Å²) in [5.74, 6) is -2.89. The molecule has 39 heavy (non-hydrogen) atoms. The molecular formula is C26H20Cl2F3N3O5. The lowest BCUT2D eigenvalue weighted by molar-refractivity contribution is -0.175. The summed E-state index contributed by atoms with van der Waals surface area (Å²) in [5.41, 5.74) is 9.04. The van der Waals surface area contributed by atoms with Crippen molar-refractivity contribution >= 4 is 51.9 Å². The number of carbonyl (C=O) groups excluding carboxylic acids is 2. The van der Waals surface area contributed by atoms with Crippen molar-refractivity contribution in [2.75, 3.05) is 12.8 Å². The molecule has 3 aromatic carbocycles. The molecular weight excluding hydrogens is 562 g/mol. The number of methoxy groups -OCH3 is 1. The highest BCUT2D eigenvalue weighted by atomic mass is 35.5. The van der Waals surface area contributed by atoms with E-state index in [-0.39, 0.29) is 34.4 Å². The van der Waals surface area contributed by atoms with Crippen LogP contribution >= 0.6 is 23.2 Å². The Labute approximate surface area is 229 Å². The Bertz CT molecular complexity index is 1500. The summed E-state index contributed by atoms with van der Waals surface area (Å²) < 4.78 is 54.4. The second kappa shape index (κ2) is 11.4. The largest absolute Gasteiger partial charge is 0.486 e. The van der Waals surface area contributed by atoms with Crippen LogP contribution in [0.5, 0.6) is 5.75 Å². The van der Waals surface area contributed by atoms with Crippen molar-refractivity contribution in [3.05, 3.63) is 75.8 Å². The molecule has 0 saturated heterocycles. The van der Waals surface area contributed by atoms with Gasteiger partial charge in [0, 0.05) is 23.2 Å². The van der Waals surface area contributed by atoms with Crippen LogP contribution in [0.2, 0.25) is 10.0 Å². The zero-order valence-corrected chi connectivity index (χ0v) is 21.7. The molecule has 4 aromatic rings. The number of benzene rings is 3. The number of oxazole rings is 1. The van der Waals surface area contributed by atoms with E-state index in [0.717, 1.165) is 12.7 Å². The van der Waals surface area contributed by atoms with Gasteiger partial charge < -0.3 is 24.9 Å². The molecule has 3 N–H and O–H groups in total. The molecule has 204 valence electrons. The molecule has 13 heteroatoms. The number of nitrogens with two attached hydrogens (primary N) is 1. The number of fused-ring (bicyclic) bond motifs is 1. The number of hydrogen-bond acceptors (Lipinski definition) is 7. The lowest BCUT2D eigenvalue weighted by Gasteiger charge is -2.18. The lowest BCUT2D eigenvalue weighted by atomic mass is 10.1. The van der Waals surface area contributed by atoms with Crippen LogP contribution in [-0.4, -0.2) is 36.2 Å². The summed E-state index contributed by atoms with van der Waals surface area (Å²) in [6, 6.07) is 13.7. The molecule has 1 heterocycles. The van der Waals surface area contributed by atoms with Crippen LogP contribution < -0.4 is 15.8 Å². The number of rotatable bonds is 8. The number of aromatic nitrogens is 1. The summed E-state index contributed by atoms with van der Waals surface area (Å²) in [4.78, 5) is 27.8. The second-order valence-corrected chi connectivity index (χ2v) is 9.16. The summed E-state index contributed by atoms with van der Waals surface area (Å²) in [6.07, 6.45) is -5.55. The molecule has 0 aliphatic carbocycles. The average molecular weight is 582 g/mol. The van der Waals surface area contributed by atoms with Gasteiger partial charge in [-0.05, 0) is 42.0 Å². The fourth-order valence-corrected chi connectivity index (χ4v) is 4.41. The van der Waals surface area contributed by atoms with Crippen molar-refractivity contribution < 1.29 is 36.7 Å². The zero-order chi connectivity index (χ0) is 28.3. The predicted molar refractivity (Wildman–Crippen MR) is 138 cm³/mol. The van der Waals surface area contributed by atoms with Crippen LogP contribution in [0.4, 0.5) is 18.9 Å². The normalized spacial score (nSPS) is 12.3. The van der Waals surface area contributed by atoms with E-state index in [1.807, 2.05) is 30.3 Å². The van der Waals surface area contributed by atoms with Crippen LogP contribution in [0.3, 0.4) is 0 Å². The van der Waals surface area contributed by atoms with Crippen molar-refractivity contribution in [3.8, 4) is 17.2 Å². The number of carbonyl (C=O) groups is 2. The van der Waals surface area contributed by atoms with Gasteiger partial charge in [-0.2, -0.15) is 13.2 Å². The van der Waals surface area contributed by atoms with E-state index in [4.69, 9.17) is 38.1 Å². The number of alkyl halides is 3. The summed E-state index contributed by atoms with van der Waals surface area (Å²) in [6.45, 7) is -0.0593. The molecule has 0 fully saturated rings. The Morgan fingerprint density at radius 1 is 1.10 bits per heavy atom. The van der Waals surface area contributed by atoms with Gasteiger partial charge in [-0.1, -0.05) is 41.4 Å². The Kier molecular flexibility index (Phi) is 8.22. The van der Waals surface area contributed by atoms with Crippen LogP contribution in [0.15, 0.2) is 59.0 Å². The number of hydrogen-bond donors (Lipinski definition) is 2. The standard InChI is InChI=1S/C26H20Cl2F3N3O5/c1-37-24(35)20(34-25(36)26(29,30)31)9-13-7-17(27)22(18(28)8-13)38-12-15-10-16(32)11-19-21(15)39-23(33-19)14-5-3-2-4-6-14/h2-8,10-11,20H,9,12,32H2,1H3,(H,34,36)/t20-/m0/s1. The van der Waals surface area contributed by atoms with Crippen LogP contribution in [0.1, 0.15) is 11.1 Å². The molecule has 1 aromatic heterocycles. The van der Waals surface area contributed by atoms with Gasteiger partial charge >= 0.3 is 18.1 Å². The number of esters is 1. The minimum Gasteiger partial charge on any atom is -0.486 e. The first-order valence-electron chi connectivity index (χ1n) is 11.3. The molecule has 8 nitrogen and oxygen atoms in total. The fourth-order valence-electron chi connectivity index (χ4n) is 3.77. The highest BCUT2D eigenvalue weighted by Crippen LogP contribution is 2.36. The Hall–Kier alpha value is -3.96. The number of amides is 1. The molecule has 1 amide bonds. The number of nitrogens with zero attached hydrogens (tertiary/aromatic N) is 1. The van der Waals surface area contributed by atoms with E-state index >= 15 is 0 Å². The quantitative estimate of drug-likeness (QED) is 0.202. The molecule has 0 radical (unpaired) electrons. The lowest BCUT2D eigenvalue weighted by Crippen LogP contribution is -2.48. The van der Waals surface area contributed by atoms with Gasteiger partial charge in [-0.15, -0.1) is 0 Å². The van der Waals surface area contributed by atoms with Crippen LogP contribution in [0.25, 0.3) is 22.6 Å². The first-order valence-corrected chi connectivity index (χ1v) is 12.0. The molecule has 0 aliphatic heterocycles. The smallest absolute Gasteiger partial charge is 0.471 e. The number of nitrogen functional groups attached to an aromatic ring is 1. The number of ether oxygens (including phenoxy) is 2. The maximum Gasteiger partial charge on any atom is 0.471 e. The molecule has 1 atom stereocenters. The van der Waals surface area contributed by atoms with Gasteiger partial charge in [0.05, 0.1) is 17.2 Å². The maximum atomic E-state index is 12.7.